The van der Waals surface area contributed by atoms with Crippen molar-refractivity contribution in [1.29, 1.82) is 0 Å². The van der Waals surface area contributed by atoms with Gasteiger partial charge in [-0.05, 0) is 0 Å². The number of hydrogen-bond donors (Lipinski definition) is 0. The Kier molecular flexibility index (Phi) is 30.3. The quantitative estimate of drug-likeness (QED) is 0.340. The second-order valence-electron chi connectivity index (χ2n) is 7.16. The van der Waals surface area contributed by atoms with Crippen LogP contribution < -0.4 is 4.90 Å². The van der Waals surface area contributed by atoms with Crippen LogP contribution in [0.4, 0.5) is 5.69 Å². The van der Waals surface area contributed by atoms with Crippen LogP contribution in [-0.2, 0) is 50.4 Å². The monoisotopic (exact) mass is 511 g/mol. The van der Waals surface area contributed by atoms with Crippen molar-refractivity contribution < 1.29 is 43.8 Å². The van der Waals surface area contributed by atoms with E-state index in [-0.39, 0.29) is 5.41 Å². The van der Waals surface area contributed by atoms with Gasteiger partial charge in [0.2, 0.25) is 0 Å². The second-order valence-corrected chi connectivity index (χ2v) is 7.74. The molecule has 0 aliphatic carbocycles. The summed E-state index contributed by atoms with van der Waals surface area (Å²) in [5.74, 6) is 6.26. The number of hydrogen-bond acceptors (Lipinski definition) is 2. The third kappa shape index (κ3) is 20.0. The molecule has 0 fully saturated rings. The van der Waals surface area contributed by atoms with Crippen molar-refractivity contribution in [3.63, 3.8) is 0 Å². The summed E-state index contributed by atoms with van der Waals surface area (Å²) in [6.45, 7) is 31.1. The van der Waals surface area contributed by atoms with Gasteiger partial charge in [-0.3, -0.25) is 0 Å². The standard InChI is InChI=1S/C22H25NO.5CO.Cr/c1-22(2,3)18-23(17-19-11-6-5-7-12-19)21-15-9-8-13-20(21)14-10-16-24-4;5*1-2;/h5-9,11-13,15H,17-18H2,1-4H3;;;;;;. The summed E-state index contributed by atoms with van der Waals surface area (Å²) in [6.07, 6.45) is 0. The zero-order valence-corrected chi connectivity index (χ0v) is 21.2. The number of ether oxygens (including phenoxy) is 1. The zero-order chi connectivity index (χ0) is 28.3. The Hall–Kier alpha value is -3.14. The van der Waals surface area contributed by atoms with Gasteiger partial charge in [0.25, 0.3) is 0 Å². The first-order valence-electron chi connectivity index (χ1n) is 9.39. The Morgan fingerprint density at radius 1 is 0.829 bits per heavy atom. The van der Waals surface area contributed by atoms with Crippen LogP contribution in [0.2, 0.25) is 0 Å². The van der Waals surface area contributed by atoms with Gasteiger partial charge >= 0.3 is 216 Å². The van der Waals surface area contributed by atoms with E-state index in [9.17, 15) is 0 Å². The Labute approximate surface area is 216 Å². The van der Waals surface area contributed by atoms with Crippen molar-refractivity contribution in [2.24, 2.45) is 5.41 Å². The molecule has 7 nitrogen and oxygen atoms in total. The fourth-order valence-electron chi connectivity index (χ4n) is 2.63. The summed E-state index contributed by atoms with van der Waals surface area (Å²) in [7, 11) is 1.62. The molecule has 180 valence electrons. The van der Waals surface area contributed by atoms with Gasteiger partial charge in [0.1, 0.15) is 0 Å². The minimum atomic E-state index is 0.178. The van der Waals surface area contributed by atoms with E-state index < -0.39 is 0 Å². The van der Waals surface area contributed by atoms with Gasteiger partial charge in [-0.2, -0.15) is 0 Å². The van der Waals surface area contributed by atoms with E-state index in [1.54, 1.807) is 7.11 Å². The van der Waals surface area contributed by atoms with E-state index in [2.05, 4.69) is 135 Å². The van der Waals surface area contributed by atoms with Gasteiger partial charge in [0.05, 0.1) is 0 Å². The molecule has 35 heavy (non-hydrogen) atoms. The van der Waals surface area contributed by atoms with Crippen molar-refractivity contribution in [2.75, 3.05) is 18.6 Å². The van der Waals surface area contributed by atoms with Crippen molar-refractivity contribution in [3.05, 3.63) is 99.0 Å². The molecule has 0 spiro atoms. The van der Waals surface area contributed by atoms with Crippen molar-refractivity contribution in [1.82, 2.24) is 0 Å². The van der Waals surface area contributed by atoms with Crippen LogP contribution in [-0.4, -0.2) is 18.2 Å². The third-order valence-electron chi connectivity index (χ3n) is 3.61. The van der Waals surface area contributed by atoms with Gasteiger partial charge in [0.15, 0.2) is 0 Å². The molecule has 0 amide bonds. The molecule has 2 rings (SSSR count). The molecule has 0 saturated carbocycles. The van der Waals surface area contributed by atoms with Crippen LogP contribution >= 0.6 is 0 Å². The summed E-state index contributed by atoms with van der Waals surface area (Å²) >= 11 is 2.83. The fourth-order valence-corrected chi connectivity index (χ4v) is 2.71. The van der Waals surface area contributed by atoms with Gasteiger partial charge in [-0.1, -0.05) is 0 Å². The van der Waals surface area contributed by atoms with E-state index in [1.165, 1.54) is 5.56 Å². The van der Waals surface area contributed by atoms with E-state index >= 15 is 0 Å². The topological polar surface area (TPSA) is 112 Å². The zero-order valence-electron chi connectivity index (χ0n) is 19.9. The number of nitrogens with zero attached hydrogens (tertiary/aromatic N) is 1. The van der Waals surface area contributed by atoms with E-state index in [0.29, 0.717) is 4.57 Å². The first-order chi connectivity index (χ1) is 16.9. The molecular formula is C27H25CrNO6. The molecule has 0 atom stereocenters. The van der Waals surface area contributed by atoms with Crippen LogP contribution in [0.1, 0.15) is 31.9 Å². The summed E-state index contributed by atoms with van der Waals surface area (Å²) in [5, 5.41) is 0. The van der Waals surface area contributed by atoms with Crippen molar-refractivity contribution in [2.45, 2.75) is 27.3 Å². The van der Waals surface area contributed by atoms with E-state index in [1.807, 2.05) is 6.07 Å². The predicted molar refractivity (Wildman–Crippen MR) is 122 cm³/mol. The maximum absolute atomic E-state index is 7.50. The van der Waals surface area contributed by atoms with Crippen molar-refractivity contribution >= 4 is 10.3 Å². The molecule has 0 radical (unpaired) electrons. The Balaban J connectivity index is -0.000000426. The molecule has 0 bridgehead atoms. The molecule has 0 heterocycles. The SMILES string of the molecule is CO[C](=[Cr])C#Cc1ccccc1N(Cc1ccccc1)CC(C)(C)C.[C-]#[O+].[C-]#[O+].[C-]#[O+].[C-]#[O+].[C-]#[O+]. The van der Waals surface area contributed by atoms with Crippen molar-refractivity contribution in [3.8, 4) is 11.8 Å². The molecule has 0 aromatic heterocycles. The number of rotatable bonds is 5. The molecule has 2 aromatic carbocycles. The average Bonchev–Trinajstić information content (AvgIpc) is 2.92. The predicted octanol–water partition coefficient (Wildman–Crippen LogP) is 4.23. The van der Waals surface area contributed by atoms with Gasteiger partial charge < -0.3 is 0 Å². The Bertz CT molecular complexity index is 955. The Morgan fingerprint density at radius 3 is 1.74 bits per heavy atom. The summed E-state index contributed by atoms with van der Waals surface area (Å²) in [4.78, 5) is 2.41. The van der Waals surface area contributed by atoms with E-state index in [4.69, 9.17) is 28.0 Å². The van der Waals surface area contributed by atoms with Gasteiger partial charge in [-0.25, -0.2) is 0 Å². The van der Waals surface area contributed by atoms with Gasteiger partial charge in [0, 0.05) is 0 Å². The minimum absolute atomic E-state index is 0.178. The maximum atomic E-state index is 7.50. The summed E-state index contributed by atoms with van der Waals surface area (Å²) in [5.41, 5.74) is 3.63. The Morgan fingerprint density at radius 2 is 1.29 bits per heavy atom. The molecule has 0 N–H and O–H groups in total. The van der Waals surface area contributed by atoms with E-state index in [0.717, 1.165) is 24.3 Å². The van der Waals surface area contributed by atoms with Gasteiger partial charge in [-0.15, -0.1) is 0 Å². The molecule has 8 heteroatoms. The fraction of sp³-hybridized carbons (Fsp3) is 0.259. The van der Waals surface area contributed by atoms with Crippen LogP contribution in [0.3, 0.4) is 0 Å². The number of anilines is 1. The first-order valence-corrected chi connectivity index (χ1v) is 10.0. The molecule has 2 aromatic rings. The number of benzene rings is 2. The molecule has 0 unspecified atom stereocenters. The van der Waals surface area contributed by atoms with Crippen LogP contribution in [0.15, 0.2) is 54.6 Å². The molecular weight excluding hydrogens is 486 g/mol. The summed E-state index contributed by atoms with van der Waals surface area (Å²) < 4.78 is 43.2. The van der Waals surface area contributed by atoms with Crippen LogP contribution in [0, 0.1) is 50.5 Å². The third-order valence-corrected chi connectivity index (χ3v) is 4.03. The molecule has 0 aliphatic rings. The number of methoxy groups -OCH3 is 1. The van der Waals surface area contributed by atoms with Crippen LogP contribution in [0.25, 0.3) is 0 Å². The number of para-hydroxylation sites is 1. The first kappa shape index (κ1) is 39.1. The molecule has 0 saturated heterocycles. The van der Waals surface area contributed by atoms with Crippen LogP contribution in [0.5, 0.6) is 0 Å². The molecule has 0 aliphatic heterocycles. The average molecular weight is 511 g/mol. The summed E-state index contributed by atoms with van der Waals surface area (Å²) in [6, 6.07) is 18.9. The normalized spacial score (nSPS) is 7.94. The second kappa shape index (κ2) is 27.1.